The van der Waals surface area contributed by atoms with Crippen LogP contribution >= 0.6 is 11.6 Å². The van der Waals surface area contributed by atoms with Crippen LogP contribution < -0.4 is 4.74 Å². The fraction of sp³-hybridized carbons (Fsp3) is 0.571. The smallest absolute Gasteiger partial charge is 0.125 e. The van der Waals surface area contributed by atoms with Crippen LogP contribution in [0.15, 0.2) is 12.1 Å². The number of rotatable bonds is 5. The first-order chi connectivity index (χ1) is 7.62. The maximum Gasteiger partial charge on any atom is 0.125 e. The van der Waals surface area contributed by atoms with Crippen LogP contribution in [-0.4, -0.2) is 6.10 Å². The van der Waals surface area contributed by atoms with E-state index >= 15 is 0 Å². The Bertz CT molecular complexity index is 320. The molecule has 0 fully saturated rings. The van der Waals surface area contributed by atoms with Crippen molar-refractivity contribution in [2.45, 2.75) is 52.5 Å². The van der Waals surface area contributed by atoms with Gasteiger partial charge in [0.25, 0.3) is 0 Å². The van der Waals surface area contributed by atoms with Crippen LogP contribution in [0, 0.1) is 13.8 Å². The van der Waals surface area contributed by atoms with Gasteiger partial charge < -0.3 is 4.74 Å². The van der Waals surface area contributed by atoms with E-state index in [1.165, 1.54) is 11.1 Å². The van der Waals surface area contributed by atoms with Crippen molar-refractivity contribution in [3.8, 4) is 5.75 Å². The van der Waals surface area contributed by atoms with Gasteiger partial charge in [-0.1, -0.05) is 26.0 Å². The molecular weight excluding hydrogens is 220 g/mol. The Kier molecular flexibility index (Phi) is 5.14. The highest BCUT2D eigenvalue weighted by atomic mass is 35.5. The molecule has 0 radical (unpaired) electrons. The van der Waals surface area contributed by atoms with E-state index in [1.807, 2.05) is 0 Å². The molecule has 0 saturated carbocycles. The third kappa shape index (κ3) is 3.15. The number of halogens is 1. The highest BCUT2D eigenvalue weighted by Crippen LogP contribution is 2.27. The molecule has 0 aliphatic rings. The van der Waals surface area contributed by atoms with Crippen molar-refractivity contribution in [3.05, 3.63) is 28.8 Å². The third-order valence-electron chi connectivity index (χ3n) is 2.87. The zero-order valence-corrected chi connectivity index (χ0v) is 11.4. The number of aryl methyl sites for hydroxylation is 2. The van der Waals surface area contributed by atoms with E-state index in [0.717, 1.165) is 24.2 Å². The summed E-state index contributed by atoms with van der Waals surface area (Å²) < 4.78 is 6.03. The van der Waals surface area contributed by atoms with E-state index in [-0.39, 0.29) is 0 Å². The van der Waals surface area contributed by atoms with E-state index in [9.17, 15) is 0 Å². The first-order valence-electron chi connectivity index (χ1n) is 5.95. The largest absolute Gasteiger partial charge is 0.490 e. The van der Waals surface area contributed by atoms with Crippen LogP contribution in [0.5, 0.6) is 5.75 Å². The zero-order valence-electron chi connectivity index (χ0n) is 10.6. The van der Waals surface area contributed by atoms with Gasteiger partial charge in [-0.2, -0.15) is 0 Å². The van der Waals surface area contributed by atoms with E-state index in [2.05, 4.69) is 39.8 Å². The summed E-state index contributed by atoms with van der Waals surface area (Å²) in [5.74, 6) is 1.59. The molecule has 0 aliphatic heterocycles. The SMILES string of the molecule is CCC(CC)Oc1c(C)cc(CCl)cc1C. The lowest BCUT2D eigenvalue weighted by molar-refractivity contribution is 0.190. The maximum absolute atomic E-state index is 6.03. The molecule has 2 heteroatoms. The molecule has 90 valence electrons. The molecule has 16 heavy (non-hydrogen) atoms. The molecule has 0 aliphatic carbocycles. The van der Waals surface area contributed by atoms with E-state index < -0.39 is 0 Å². The van der Waals surface area contributed by atoms with Crippen molar-refractivity contribution in [1.29, 1.82) is 0 Å². The monoisotopic (exact) mass is 240 g/mol. The molecule has 0 N–H and O–H groups in total. The number of benzene rings is 1. The highest BCUT2D eigenvalue weighted by Gasteiger charge is 2.11. The molecule has 0 heterocycles. The molecule has 0 aromatic heterocycles. The van der Waals surface area contributed by atoms with Gasteiger partial charge in [-0.15, -0.1) is 11.6 Å². The average Bonchev–Trinajstić information content (AvgIpc) is 2.28. The van der Waals surface area contributed by atoms with Crippen LogP contribution in [0.4, 0.5) is 0 Å². The Hall–Kier alpha value is -0.690. The summed E-state index contributed by atoms with van der Waals surface area (Å²) in [7, 11) is 0. The summed E-state index contributed by atoms with van der Waals surface area (Å²) in [6, 6.07) is 4.22. The second kappa shape index (κ2) is 6.15. The van der Waals surface area contributed by atoms with Gasteiger partial charge in [-0.05, 0) is 43.4 Å². The average molecular weight is 241 g/mol. The minimum absolute atomic E-state index is 0.319. The van der Waals surface area contributed by atoms with E-state index in [1.54, 1.807) is 0 Å². The van der Waals surface area contributed by atoms with Crippen LogP contribution in [-0.2, 0) is 5.88 Å². The predicted molar refractivity (Wildman–Crippen MR) is 70.5 cm³/mol. The predicted octanol–water partition coefficient (Wildman–Crippen LogP) is 4.61. The van der Waals surface area contributed by atoms with Gasteiger partial charge in [0, 0.05) is 5.88 Å². The van der Waals surface area contributed by atoms with Gasteiger partial charge in [0.1, 0.15) is 5.75 Å². The summed E-state index contributed by atoms with van der Waals surface area (Å²) in [5.41, 5.74) is 3.53. The van der Waals surface area contributed by atoms with E-state index in [0.29, 0.717) is 12.0 Å². The molecule has 1 nitrogen and oxygen atoms in total. The number of hydrogen-bond acceptors (Lipinski definition) is 1. The Balaban J connectivity index is 2.95. The lowest BCUT2D eigenvalue weighted by atomic mass is 10.1. The molecule has 0 amide bonds. The van der Waals surface area contributed by atoms with Crippen LogP contribution in [0.2, 0.25) is 0 Å². The molecular formula is C14H21ClO. The summed E-state index contributed by atoms with van der Waals surface area (Å²) in [5, 5.41) is 0. The van der Waals surface area contributed by atoms with E-state index in [4.69, 9.17) is 16.3 Å². The first-order valence-corrected chi connectivity index (χ1v) is 6.48. The number of alkyl halides is 1. The van der Waals surface area contributed by atoms with Gasteiger partial charge in [0.15, 0.2) is 0 Å². The summed E-state index contributed by atoms with van der Waals surface area (Å²) in [4.78, 5) is 0. The normalized spacial score (nSPS) is 10.9. The van der Waals surface area contributed by atoms with Crippen molar-refractivity contribution < 1.29 is 4.74 Å². The van der Waals surface area contributed by atoms with Gasteiger partial charge in [0.2, 0.25) is 0 Å². The first kappa shape index (κ1) is 13.4. The van der Waals surface area contributed by atoms with Crippen molar-refractivity contribution in [3.63, 3.8) is 0 Å². The van der Waals surface area contributed by atoms with Gasteiger partial charge in [0.05, 0.1) is 6.10 Å². The quantitative estimate of drug-likeness (QED) is 0.683. The fourth-order valence-electron chi connectivity index (χ4n) is 1.93. The Labute approximate surface area is 104 Å². The molecule has 0 spiro atoms. The molecule has 0 atom stereocenters. The van der Waals surface area contributed by atoms with Crippen LogP contribution in [0.3, 0.4) is 0 Å². The third-order valence-corrected chi connectivity index (χ3v) is 3.18. The Morgan fingerprint density at radius 3 is 2.00 bits per heavy atom. The van der Waals surface area contributed by atoms with Gasteiger partial charge in [-0.3, -0.25) is 0 Å². The van der Waals surface area contributed by atoms with Crippen molar-refractivity contribution in [2.75, 3.05) is 0 Å². The standard InChI is InChI=1S/C14H21ClO/c1-5-13(6-2)16-14-10(3)7-12(9-15)8-11(14)4/h7-8,13H,5-6,9H2,1-4H3. The molecule has 1 aromatic rings. The Morgan fingerprint density at radius 2 is 1.62 bits per heavy atom. The maximum atomic E-state index is 6.03. The minimum atomic E-state index is 0.319. The summed E-state index contributed by atoms with van der Waals surface area (Å²) in [6.45, 7) is 8.49. The lowest BCUT2D eigenvalue weighted by Crippen LogP contribution is -2.15. The number of hydrogen-bond donors (Lipinski definition) is 0. The van der Waals surface area contributed by atoms with Gasteiger partial charge >= 0.3 is 0 Å². The Morgan fingerprint density at radius 1 is 1.12 bits per heavy atom. The zero-order chi connectivity index (χ0) is 12.1. The van der Waals surface area contributed by atoms with Crippen LogP contribution in [0.25, 0.3) is 0 Å². The fourth-order valence-corrected chi connectivity index (χ4v) is 2.08. The van der Waals surface area contributed by atoms with Gasteiger partial charge in [-0.25, -0.2) is 0 Å². The van der Waals surface area contributed by atoms with Crippen molar-refractivity contribution >= 4 is 11.6 Å². The summed E-state index contributed by atoms with van der Waals surface area (Å²) >= 11 is 5.84. The number of ether oxygens (including phenoxy) is 1. The lowest BCUT2D eigenvalue weighted by Gasteiger charge is -2.19. The second-order valence-corrected chi connectivity index (χ2v) is 4.52. The molecule has 0 unspecified atom stereocenters. The summed E-state index contributed by atoms with van der Waals surface area (Å²) in [6.07, 6.45) is 2.42. The van der Waals surface area contributed by atoms with Crippen molar-refractivity contribution in [2.24, 2.45) is 0 Å². The molecule has 0 saturated heterocycles. The van der Waals surface area contributed by atoms with Crippen molar-refractivity contribution in [1.82, 2.24) is 0 Å². The second-order valence-electron chi connectivity index (χ2n) is 4.25. The molecule has 0 bridgehead atoms. The molecule has 1 aromatic carbocycles. The highest BCUT2D eigenvalue weighted by molar-refractivity contribution is 6.17. The minimum Gasteiger partial charge on any atom is -0.490 e. The van der Waals surface area contributed by atoms with Crippen LogP contribution in [0.1, 0.15) is 43.4 Å². The molecule has 1 rings (SSSR count). The topological polar surface area (TPSA) is 9.23 Å².